The van der Waals surface area contributed by atoms with Gasteiger partial charge in [0.2, 0.25) is 5.91 Å². The van der Waals surface area contributed by atoms with Crippen LogP contribution in [0.4, 0.5) is 5.69 Å². The normalized spacial score (nSPS) is 17.3. The molecule has 2 amide bonds. The number of para-hydroxylation sites is 2. The summed E-state index contributed by atoms with van der Waals surface area (Å²) >= 11 is 0. The summed E-state index contributed by atoms with van der Waals surface area (Å²) in [6, 6.07) is 12.7. The van der Waals surface area contributed by atoms with E-state index in [1.807, 2.05) is 4.90 Å². The summed E-state index contributed by atoms with van der Waals surface area (Å²) in [4.78, 5) is 29.5. The van der Waals surface area contributed by atoms with Crippen molar-refractivity contribution >= 4 is 27.5 Å². The van der Waals surface area contributed by atoms with Gasteiger partial charge < -0.3 is 14.5 Å². The first-order chi connectivity index (χ1) is 16.4. The summed E-state index contributed by atoms with van der Waals surface area (Å²) in [6.07, 6.45) is 4.66. The molecule has 34 heavy (non-hydrogen) atoms. The Labute approximate surface area is 200 Å². The predicted molar refractivity (Wildman–Crippen MR) is 129 cm³/mol. The number of piperidine rings is 2. The lowest BCUT2D eigenvalue weighted by Crippen LogP contribution is -2.45. The number of rotatable bonds is 6. The second-order valence-corrected chi connectivity index (χ2v) is 10.5. The van der Waals surface area contributed by atoms with E-state index < -0.39 is 10.0 Å². The van der Waals surface area contributed by atoms with Crippen LogP contribution >= 0.6 is 0 Å². The van der Waals surface area contributed by atoms with Crippen LogP contribution in [-0.2, 0) is 14.8 Å². The van der Waals surface area contributed by atoms with Crippen LogP contribution in [-0.4, -0.2) is 63.3 Å². The molecular formula is C25H31N3O5S. The van der Waals surface area contributed by atoms with Crippen molar-refractivity contribution in [3.8, 4) is 5.75 Å². The van der Waals surface area contributed by atoms with E-state index in [9.17, 15) is 18.0 Å². The van der Waals surface area contributed by atoms with Gasteiger partial charge in [0.05, 0.1) is 17.7 Å². The molecule has 2 aromatic rings. The van der Waals surface area contributed by atoms with Crippen molar-refractivity contribution in [2.24, 2.45) is 5.92 Å². The molecule has 0 atom stereocenters. The van der Waals surface area contributed by atoms with E-state index >= 15 is 0 Å². The lowest BCUT2D eigenvalue weighted by molar-refractivity contribution is -0.137. The molecule has 4 rings (SSSR count). The van der Waals surface area contributed by atoms with Crippen molar-refractivity contribution in [1.29, 1.82) is 0 Å². The van der Waals surface area contributed by atoms with Gasteiger partial charge in [0.1, 0.15) is 5.75 Å². The van der Waals surface area contributed by atoms with Gasteiger partial charge in [0.25, 0.3) is 15.9 Å². The maximum atomic E-state index is 13.0. The summed E-state index contributed by atoms with van der Waals surface area (Å²) in [7, 11) is -2.37. The minimum Gasteiger partial charge on any atom is -0.495 e. The smallest absolute Gasteiger partial charge is 0.262 e. The van der Waals surface area contributed by atoms with Gasteiger partial charge in [-0.1, -0.05) is 12.1 Å². The number of ether oxygens (including phenoxy) is 1. The molecule has 2 aliphatic heterocycles. The molecule has 2 aliphatic rings. The Morgan fingerprint density at radius 3 is 2.18 bits per heavy atom. The molecule has 0 saturated carbocycles. The molecule has 0 unspecified atom stereocenters. The Hall–Kier alpha value is -3.07. The van der Waals surface area contributed by atoms with E-state index in [1.54, 1.807) is 29.2 Å². The fraction of sp³-hybridized carbons (Fsp3) is 0.440. The summed E-state index contributed by atoms with van der Waals surface area (Å²) in [5, 5.41) is 0. The van der Waals surface area contributed by atoms with E-state index in [4.69, 9.17) is 4.74 Å². The number of anilines is 1. The number of nitrogens with zero attached hydrogens (tertiary/aromatic N) is 2. The Morgan fingerprint density at radius 1 is 0.882 bits per heavy atom. The summed E-state index contributed by atoms with van der Waals surface area (Å²) in [6.45, 7) is 2.75. The Balaban J connectivity index is 1.36. The monoisotopic (exact) mass is 485 g/mol. The minimum absolute atomic E-state index is 0.0179. The highest BCUT2D eigenvalue weighted by Crippen LogP contribution is 2.27. The number of amides is 2. The first-order valence-corrected chi connectivity index (χ1v) is 13.2. The third kappa shape index (κ3) is 5.35. The molecule has 0 aromatic heterocycles. The third-order valence-electron chi connectivity index (χ3n) is 6.56. The lowest BCUT2D eigenvalue weighted by Gasteiger charge is -2.35. The maximum absolute atomic E-state index is 13.0. The van der Waals surface area contributed by atoms with Gasteiger partial charge in [-0.2, -0.15) is 0 Å². The molecule has 2 saturated heterocycles. The molecule has 2 aromatic carbocycles. The summed E-state index contributed by atoms with van der Waals surface area (Å²) < 4.78 is 33.3. The molecule has 0 bridgehead atoms. The Kier molecular flexibility index (Phi) is 7.41. The zero-order chi connectivity index (χ0) is 24.1. The molecular weight excluding hydrogens is 454 g/mol. The van der Waals surface area contributed by atoms with Gasteiger partial charge in [-0.15, -0.1) is 0 Å². The molecule has 2 heterocycles. The maximum Gasteiger partial charge on any atom is 0.262 e. The number of nitrogens with one attached hydrogen (secondary N) is 1. The standard InChI is InChI=1S/C25H31N3O5S/c1-33-23-8-4-3-7-22(23)26-34(31,32)21-11-9-19(10-12-21)24(29)28-17-13-20(14-18-28)25(30)27-15-5-2-6-16-27/h3-4,7-12,20,26H,2,5-6,13-18H2,1H3. The number of carbonyl (C=O) groups is 2. The first-order valence-electron chi connectivity index (χ1n) is 11.7. The molecule has 1 N–H and O–H groups in total. The predicted octanol–water partition coefficient (Wildman–Crippen LogP) is 3.36. The van der Waals surface area contributed by atoms with Crippen LogP contribution in [0.2, 0.25) is 0 Å². The van der Waals surface area contributed by atoms with Crippen molar-refractivity contribution in [3.05, 3.63) is 54.1 Å². The van der Waals surface area contributed by atoms with E-state index in [2.05, 4.69) is 4.72 Å². The van der Waals surface area contributed by atoms with Crippen LogP contribution in [0.3, 0.4) is 0 Å². The molecule has 9 heteroatoms. The van der Waals surface area contributed by atoms with Gasteiger partial charge in [0, 0.05) is 37.7 Å². The number of sulfonamides is 1. The van der Waals surface area contributed by atoms with Gasteiger partial charge in [-0.25, -0.2) is 8.42 Å². The number of carbonyl (C=O) groups excluding carboxylic acids is 2. The van der Waals surface area contributed by atoms with Gasteiger partial charge >= 0.3 is 0 Å². The van der Waals surface area contributed by atoms with Crippen molar-refractivity contribution in [2.75, 3.05) is 38.0 Å². The van der Waals surface area contributed by atoms with Crippen molar-refractivity contribution < 1.29 is 22.7 Å². The lowest BCUT2D eigenvalue weighted by atomic mass is 9.94. The average Bonchev–Trinajstić information content (AvgIpc) is 2.88. The van der Waals surface area contributed by atoms with Crippen LogP contribution in [0.1, 0.15) is 42.5 Å². The highest BCUT2D eigenvalue weighted by molar-refractivity contribution is 7.92. The Bertz CT molecular complexity index is 1120. The van der Waals surface area contributed by atoms with E-state index in [1.165, 1.54) is 37.8 Å². The average molecular weight is 486 g/mol. The summed E-state index contributed by atoms with van der Waals surface area (Å²) in [5.74, 6) is 0.477. The number of hydrogen-bond donors (Lipinski definition) is 1. The number of methoxy groups -OCH3 is 1. The molecule has 8 nitrogen and oxygen atoms in total. The van der Waals surface area contributed by atoms with Crippen LogP contribution in [0.25, 0.3) is 0 Å². The SMILES string of the molecule is COc1ccccc1NS(=O)(=O)c1ccc(C(=O)N2CCC(C(=O)N3CCCCC3)CC2)cc1. The van der Waals surface area contributed by atoms with E-state index in [0.29, 0.717) is 42.9 Å². The second kappa shape index (κ2) is 10.5. The largest absolute Gasteiger partial charge is 0.495 e. The molecule has 0 aliphatic carbocycles. The second-order valence-electron chi connectivity index (χ2n) is 8.78. The first kappa shape index (κ1) is 24.1. The van der Waals surface area contributed by atoms with Crippen LogP contribution in [0.15, 0.2) is 53.4 Å². The van der Waals surface area contributed by atoms with E-state index in [-0.39, 0.29) is 22.6 Å². The third-order valence-corrected chi connectivity index (χ3v) is 7.94. The fourth-order valence-corrected chi connectivity index (χ4v) is 5.66. The highest BCUT2D eigenvalue weighted by atomic mass is 32.2. The molecule has 0 spiro atoms. The topological polar surface area (TPSA) is 96.0 Å². The molecule has 2 fully saturated rings. The van der Waals surface area contributed by atoms with Gasteiger partial charge in [-0.05, 0) is 68.5 Å². The van der Waals surface area contributed by atoms with Crippen LogP contribution < -0.4 is 9.46 Å². The number of likely N-dealkylation sites (tertiary alicyclic amines) is 2. The zero-order valence-corrected chi connectivity index (χ0v) is 20.2. The Morgan fingerprint density at radius 2 is 1.53 bits per heavy atom. The minimum atomic E-state index is -3.84. The number of benzene rings is 2. The van der Waals surface area contributed by atoms with Crippen molar-refractivity contribution in [1.82, 2.24) is 9.80 Å². The van der Waals surface area contributed by atoms with Crippen LogP contribution in [0.5, 0.6) is 5.75 Å². The quantitative estimate of drug-likeness (QED) is 0.677. The highest BCUT2D eigenvalue weighted by Gasteiger charge is 2.31. The molecule has 0 radical (unpaired) electrons. The zero-order valence-electron chi connectivity index (χ0n) is 19.4. The fourth-order valence-electron chi connectivity index (χ4n) is 4.59. The van der Waals surface area contributed by atoms with E-state index in [0.717, 1.165) is 25.9 Å². The van der Waals surface area contributed by atoms with Crippen molar-refractivity contribution in [3.63, 3.8) is 0 Å². The number of hydrogen-bond acceptors (Lipinski definition) is 5. The van der Waals surface area contributed by atoms with Gasteiger partial charge in [0.15, 0.2) is 0 Å². The summed E-state index contributed by atoms with van der Waals surface area (Å²) in [5.41, 5.74) is 0.768. The van der Waals surface area contributed by atoms with Gasteiger partial charge in [-0.3, -0.25) is 14.3 Å². The molecule has 182 valence electrons. The van der Waals surface area contributed by atoms with Crippen molar-refractivity contribution in [2.45, 2.75) is 37.0 Å². The van der Waals surface area contributed by atoms with Crippen LogP contribution in [0, 0.1) is 5.92 Å².